The van der Waals surface area contributed by atoms with Gasteiger partial charge in [0, 0.05) is 22.5 Å². The average molecular weight is 214 g/mol. The molecule has 2 N–H and O–H groups in total. The quantitative estimate of drug-likeness (QED) is 0.763. The van der Waals surface area contributed by atoms with Crippen LogP contribution in [0.1, 0.15) is 30.7 Å². The summed E-state index contributed by atoms with van der Waals surface area (Å²) in [6.07, 6.45) is 2.98. The van der Waals surface area contributed by atoms with E-state index in [9.17, 15) is 4.39 Å². The fraction of sp³-hybridized carbons (Fsp3) is 0.455. The van der Waals surface area contributed by atoms with E-state index in [4.69, 9.17) is 17.3 Å². The summed E-state index contributed by atoms with van der Waals surface area (Å²) in [7, 11) is 0. The first kappa shape index (κ1) is 9.94. The first-order valence-electron chi connectivity index (χ1n) is 4.89. The van der Waals surface area contributed by atoms with E-state index in [2.05, 4.69) is 0 Å². The second-order valence-corrected chi connectivity index (χ2v) is 4.24. The molecular weight excluding hydrogens is 201 g/mol. The van der Waals surface area contributed by atoms with Crippen LogP contribution in [0.3, 0.4) is 0 Å². The zero-order chi connectivity index (χ0) is 10.1. The van der Waals surface area contributed by atoms with E-state index in [0.717, 1.165) is 19.3 Å². The topological polar surface area (TPSA) is 26.0 Å². The molecule has 3 heteroatoms. The summed E-state index contributed by atoms with van der Waals surface area (Å²) in [5, 5.41) is 0.507. The van der Waals surface area contributed by atoms with Gasteiger partial charge in [-0.1, -0.05) is 24.1 Å². The van der Waals surface area contributed by atoms with Gasteiger partial charge in [-0.3, -0.25) is 0 Å². The number of hydrogen-bond donors (Lipinski definition) is 1. The first-order valence-corrected chi connectivity index (χ1v) is 5.27. The highest BCUT2D eigenvalue weighted by molar-refractivity contribution is 6.31. The molecular formula is C11H13ClFN. The van der Waals surface area contributed by atoms with Crippen molar-refractivity contribution < 1.29 is 4.39 Å². The minimum atomic E-state index is -0.222. The van der Waals surface area contributed by atoms with E-state index in [0.29, 0.717) is 10.6 Å². The van der Waals surface area contributed by atoms with Gasteiger partial charge in [-0.05, 0) is 25.0 Å². The van der Waals surface area contributed by atoms with Gasteiger partial charge in [0.15, 0.2) is 0 Å². The molecule has 1 saturated carbocycles. The monoisotopic (exact) mass is 213 g/mol. The molecule has 1 nitrogen and oxygen atoms in total. The number of rotatable bonds is 1. The van der Waals surface area contributed by atoms with Crippen LogP contribution in [-0.2, 0) is 0 Å². The summed E-state index contributed by atoms with van der Waals surface area (Å²) >= 11 is 5.98. The largest absolute Gasteiger partial charge is 0.327 e. The molecule has 1 fully saturated rings. The lowest BCUT2D eigenvalue weighted by Gasteiger charge is -2.17. The Hall–Kier alpha value is -0.600. The highest BCUT2D eigenvalue weighted by Crippen LogP contribution is 2.38. The van der Waals surface area contributed by atoms with Crippen molar-refractivity contribution in [1.82, 2.24) is 0 Å². The van der Waals surface area contributed by atoms with Gasteiger partial charge in [0.25, 0.3) is 0 Å². The molecule has 14 heavy (non-hydrogen) atoms. The van der Waals surface area contributed by atoms with Crippen LogP contribution in [-0.4, -0.2) is 6.04 Å². The van der Waals surface area contributed by atoms with E-state index in [-0.39, 0.29) is 17.8 Å². The third kappa shape index (κ3) is 1.64. The van der Waals surface area contributed by atoms with E-state index in [1.165, 1.54) is 6.07 Å². The average Bonchev–Trinajstić information content (AvgIpc) is 2.52. The van der Waals surface area contributed by atoms with E-state index >= 15 is 0 Å². The molecule has 0 aromatic heterocycles. The SMILES string of the molecule is NC1CCCC1c1c(F)cccc1Cl. The molecule has 0 bridgehead atoms. The molecule has 0 aliphatic heterocycles. The van der Waals surface area contributed by atoms with Crippen LogP contribution >= 0.6 is 11.6 Å². The van der Waals surface area contributed by atoms with Crippen LogP contribution in [0.15, 0.2) is 18.2 Å². The zero-order valence-corrected chi connectivity index (χ0v) is 8.60. The Balaban J connectivity index is 2.39. The molecule has 0 saturated heterocycles. The molecule has 1 aromatic carbocycles. The van der Waals surface area contributed by atoms with Crippen LogP contribution in [0.25, 0.3) is 0 Å². The Morgan fingerprint density at radius 3 is 2.71 bits per heavy atom. The highest BCUT2D eigenvalue weighted by Gasteiger charge is 2.29. The predicted molar refractivity (Wildman–Crippen MR) is 56.0 cm³/mol. The lowest BCUT2D eigenvalue weighted by molar-refractivity contribution is 0.549. The summed E-state index contributed by atoms with van der Waals surface area (Å²) in [6, 6.07) is 4.86. The van der Waals surface area contributed by atoms with Crippen LogP contribution in [0.4, 0.5) is 4.39 Å². The molecule has 0 heterocycles. The molecule has 0 amide bonds. The summed E-state index contributed by atoms with van der Waals surface area (Å²) in [6.45, 7) is 0. The van der Waals surface area contributed by atoms with Gasteiger partial charge in [-0.2, -0.15) is 0 Å². The highest BCUT2D eigenvalue weighted by atomic mass is 35.5. The van der Waals surface area contributed by atoms with Gasteiger partial charge in [0.1, 0.15) is 5.82 Å². The Kier molecular flexibility index (Phi) is 2.75. The maximum atomic E-state index is 13.5. The lowest BCUT2D eigenvalue weighted by Crippen LogP contribution is -2.23. The molecule has 2 unspecified atom stereocenters. The Morgan fingerprint density at radius 1 is 1.36 bits per heavy atom. The van der Waals surface area contributed by atoms with Crippen LogP contribution in [0.5, 0.6) is 0 Å². The Labute approximate surface area is 88.1 Å². The van der Waals surface area contributed by atoms with Crippen molar-refractivity contribution in [2.75, 3.05) is 0 Å². The minimum Gasteiger partial charge on any atom is -0.327 e. The summed E-state index contributed by atoms with van der Waals surface area (Å²) in [5.74, 6) is -0.122. The van der Waals surface area contributed by atoms with E-state index in [1.807, 2.05) is 0 Å². The maximum absolute atomic E-state index is 13.5. The van der Waals surface area contributed by atoms with Crippen molar-refractivity contribution in [3.8, 4) is 0 Å². The summed E-state index contributed by atoms with van der Waals surface area (Å²) in [4.78, 5) is 0. The summed E-state index contributed by atoms with van der Waals surface area (Å²) < 4.78 is 13.5. The number of hydrogen-bond acceptors (Lipinski definition) is 1. The van der Waals surface area contributed by atoms with Gasteiger partial charge >= 0.3 is 0 Å². The van der Waals surface area contributed by atoms with Crippen molar-refractivity contribution in [2.45, 2.75) is 31.2 Å². The van der Waals surface area contributed by atoms with Crippen LogP contribution in [0, 0.1) is 5.82 Å². The fourth-order valence-corrected chi connectivity index (χ4v) is 2.52. The second-order valence-electron chi connectivity index (χ2n) is 3.84. The lowest BCUT2D eigenvalue weighted by atomic mass is 9.94. The van der Waals surface area contributed by atoms with Gasteiger partial charge in [-0.25, -0.2) is 4.39 Å². The first-order chi connectivity index (χ1) is 6.70. The number of nitrogens with two attached hydrogens (primary N) is 1. The molecule has 0 radical (unpaired) electrons. The molecule has 1 aliphatic rings. The molecule has 1 aromatic rings. The Bertz CT molecular complexity index is 320. The molecule has 2 rings (SSSR count). The normalized spacial score (nSPS) is 26.8. The molecule has 76 valence electrons. The van der Waals surface area contributed by atoms with E-state index in [1.54, 1.807) is 12.1 Å². The molecule has 2 atom stereocenters. The van der Waals surface area contributed by atoms with Crippen molar-refractivity contribution >= 4 is 11.6 Å². The minimum absolute atomic E-state index is 0.0596. The zero-order valence-electron chi connectivity index (χ0n) is 7.84. The third-order valence-electron chi connectivity index (χ3n) is 2.94. The smallest absolute Gasteiger partial charge is 0.128 e. The summed E-state index contributed by atoms with van der Waals surface area (Å²) in [5.41, 5.74) is 6.53. The number of benzene rings is 1. The maximum Gasteiger partial charge on any atom is 0.128 e. The second kappa shape index (κ2) is 3.87. The van der Waals surface area contributed by atoms with Crippen LogP contribution < -0.4 is 5.73 Å². The van der Waals surface area contributed by atoms with Crippen molar-refractivity contribution in [1.29, 1.82) is 0 Å². The predicted octanol–water partition coefficient (Wildman–Crippen LogP) is 3.07. The van der Waals surface area contributed by atoms with Crippen molar-refractivity contribution in [3.63, 3.8) is 0 Å². The molecule has 1 aliphatic carbocycles. The van der Waals surface area contributed by atoms with Gasteiger partial charge in [-0.15, -0.1) is 0 Å². The van der Waals surface area contributed by atoms with Gasteiger partial charge < -0.3 is 5.73 Å². The van der Waals surface area contributed by atoms with Crippen molar-refractivity contribution in [3.05, 3.63) is 34.6 Å². The van der Waals surface area contributed by atoms with Gasteiger partial charge in [0.05, 0.1) is 0 Å². The fourth-order valence-electron chi connectivity index (χ4n) is 2.21. The van der Waals surface area contributed by atoms with Crippen molar-refractivity contribution in [2.24, 2.45) is 5.73 Å². The van der Waals surface area contributed by atoms with Gasteiger partial charge in [0.2, 0.25) is 0 Å². The van der Waals surface area contributed by atoms with E-state index < -0.39 is 0 Å². The molecule has 0 spiro atoms. The third-order valence-corrected chi connectivity index (χ3v) is 3.27. The Morgan fingerprint density at radius 2 is 2.14 bits per heavy atom. The number of halogens is 2. The van der Waals surface area contributed by atoms with Crippen LogP contribution in [0.2, 0.25) is 5.02 Å². The standard InChI is InChI=1S/C11H13ClFN/c12-8-4-2-5-9(13)11(8)7-3-1-6-10(7)14/h2,4-5,7,10H,1,3,6,14H2.